The van der Waals surface area contributed by atoms with Crippen LogP contribution in [0.2, 0.25) is 0 Å². The number of amides is 2. The summed E-state index contributed by atoms with van der Waals surface area (Å²) in [6.45, 7) is 15.7. The molecule has 2 amide bonds. The zero-order valence-electron chi connectivity index (χ0n) is 50.7. The largest absolute Gasteiger partial charge is 0.512 e. The van der Waals surface area contributed by atoms with Crippen molar-refractivity contribution in [2.75, 3.05) is 150 Å². The number of hydrogen-bond acceptors (Lipinski definition) is 20. The molecule has 1 saturated heterocycles. The van der Waals surface area contributed by atoms with Crippen LogP contribution in [-0.2, 0) is 60.0 Å². The maximum atomic E-state index is 13.1. The maximum absolute atomic E-state index is 13.1. The van der Waals surface area contributed by atoms with E-state index in [2.05, 4.69) is 54.0 Å². The third-order valence-corrected chi connectivity index (χ3v) is 16.7. The molecule has 32 heteroatoms. The van der Waals surface area contributed by atoms with Gasteiger partial charge >= 0.3 is 17.9 Å². The van der Waals surface area contributed by atoms with E-state index in [-0.39, 0.29) is 99.7 Å². The quantitative estimate of drug-likeness (QED) is 0.0202. The number of hydrogen-bond donors (Lipinski definition) is 10. The number of aromatic nitrogens is 4. The number of nitrogens with zero attached hydrogens (tertiary/aromatic N) is 7. The number of fused-ring (bicyclic) bond motifs is 1. The van der Waals surface area contributed by atoms with Gasteiger partial charge in [0.1, 0.15) is 6.04 Å². The smallest absolute Gasteiger partial charge is 0.323 e. The first kappa shape index (κ1) is 76.3. The number of imidazole rings is 1. The SMILES string of the molecule is C=C(O)CN1CCN(CC(=O)O)CCN(CC(=O)NCCCOCCOCCOCCC)CCN(CC(=O)O)CC1.CCNS(=O)(=O)c1ccc(-c2ccc(S(=O)(=O)NC(CNC(=O)c3ccc4c(cnn4CCCNc4ncc[nH]4)c3)C(=O)O)cc2)cc1.[Gd]. The molecule has 0 spiro atoms. The number of aliphatic hydroxyl groups is 1. The molecule has 2 aromatic heterocycles. The predicted molar refractivity (Wildman–Crippen MR) is 331 cm³/mol. The van der Waals surface area contributed by atoms with Crippen molar-refractivity contribution in [1.29, 1.82) is 0 Å². The van der Waals surface area contributed by atoms with E-state index in [0.717, 1.165) is 30.4 Å². The number of rotatable bonds is 36. The molecule has 3 aromatic carbocycles. The molecule has 1 unspecified atom stereocenters. The molecule has 0 aliphatic carbocycles. The van der Waals surface area contributed by atoms with Crippen molar-refractivity contribution in [2.45, 2.75) is 55.5 Å². The van der Waals surface area contributed by atoms with Crippen LogP contribution < -0.4 is 25.4 Å². The Labute approximate surface area is 557 Å². The number of carbonyl (C=O) groups is 5. The number of carboxylic acid groups (broad SMARTS) is 3. The van der Waals surface area contributed by atoms with Crippen molar-refractivity contribution in [2.24, 2.45) is 0 Å². The third kappa shape index (κ3) is 28.2. The van der Waals surface area contributed by atoms with Crippen LogP contribution in [-0.4, -0.2) is 257 Å². The van der Waals surface area contributed by atoms with Gasteiger partial charge in [0.05, 0.1) is 79.9 Å². The van der Waals surface area contributed by atoms with E-state index in [1.54, 1.807) is 65.6 Å². The Morgan fingerprint density at radius 3 is 1.70 bits per heavy atom. The number of aryl methyl sites for hydroxylation is 1. The van der Waals surface area contributed by atoms with Crippen LogP contribution in [0.1, 0.15) is 43.5 Å². The average Bonchev–Trinajstić information content (AvgIpc) is 1.74. The van der Waals surface area contributed by atoms with Gasteiger partial charge in [-0.15, -0.1) is 0 Å². The summed E-state index contributed by atoms with van der Waals surface area (Å²) in [7, 11) is -7.90. The first-order valence-electron chi connectivity index (χ1n) is 29.3. The molecule has 1 aliphatic heterocycles. The van der Waals surface area contributed by atoms with Crippen LogP contribution in [0.25, 0.3) is 22.0 Å². The fraction of sp³-hybridized carbons (Fsp3) is 0.500. The van der Waals surface area contributed by atoms with Crippen LogP contribution in [0.5, 0.6) is 0 Å². The number of nitrogens with one attached hydrogen (secondary N) is 6. The Kier molecular flexibility index (Phi) is 34.5. The van der Waals surface area contributed by atoms with Gasteiger partial charge in [-0.25, -0.2) is 26.5 Å². The summed E-state index contributed by atoms with van der Waals surface area (Å²) < 4.78 is 73.1. The van der Waals surface area contributed by atoms with E-state index < -0.39 is 56.4 Å². The van der Waals surface area contributed by atoms with Crippen LogP contribution in [0.4, 0.5) is 5.95 Å². The second kappa shape index (κ2) is 40.7. The maximum Gasteiger partial charge on any atom is 0.323 e. The van der Waals surface area contributed by atoms with Crippen molar-refractivity contribution in [3.63, 3.8) is 0 Å². The third-order valence-electron chi connectivity index (χ3n) is 13.6. The number of benzene rings is 3. The number of aromatic amines is 1. The Hall–Kier alpha value is -6.11. The summed E-state index contributed by atoms with van der Waals surface area (Å²) in [5.41, 5.74) is 2.35. The van der Waals surface area contributed by atoms with Gasteiger partial charge in [0.2, 0.25) is 26.0 Å². The van der Waals surface area contributed by atoms with Gasteiger partial charge < -0.3 is 55.6 Å². The first-order valence-corrected chi connectivity index (χ1v) is 32.2. The summed E-state index contributed by atoms with van der Waals surface area (Å²) in [5.74, 6) is -3.41. The van der Waals surface area contributed by atoms with Crippen molar-refractivity contribution in [1.82, 2.24) is 59.4 Å². The Balaban J connectivity index is 0.000000386. The van der Waals surface area contributed by atoms with Gasteiger partial charge in [-0.2, -0.15) is 9.82 Å². The molecule has 1 fully saturated rings. The predicted octanol–water partition coefficient (Wildman–Crippen LogP) is 1.80. The second-order valence-corrected chi connectivity index (χ2v) is 24.1. The van der Waals surface area contributed by atoms with Crippen LogP contribution in [0.3, 0.4) is 0 Å². The van der Waals surface area contributed by atoms with Crippen molar-refractivity contribution < 1.29 is 115 Å². The van der Waals surface area contributed by atoms with E-state index in [9.17, 15) is 61.2 Å². The van der Waals surface area contributed by atoms with Gasteiger partial charge in [0.25, 0.3) is 5.91 Å². The standard InChI is InChI=1S/C31H34N8O7S2.C27H51N5O9.Gd/c1-2-37-47(43,44)25-9-4-21(5-10-25)22-6-11-26(12-7-22)48(45,46)38-27(30(41)42)20-35-29(40)23-8-13-28-24(18-23)19-36-39(28)17-3-14-32-31-33-15-16-34-31;1-3-14-39-16-18-41-19-17-40-15-4-5-28-25(34)21-30-8-12-31(22-26(35)36)10-6-29(20-24(2)33)7-11-32(13-9-30)23-27(37)38;/h4-13,15-16,18-19,27,37-38H,2-3,14,17,20H2,1H3,(H,35,40)(H,41,42)(H2,32,33,34);33H,2-23H2,1H3,(H,28,34)(H,35,36)(H,37,38);. The van der Waals surface area contributed by atoms with E-state index >= 15 is 0 Å². The molecule has 0 radical (unpaired) electrons. The van der Waals surface area contributed by atoms with E-state index in [1.165, 1.54) is 36.4 Å². The van der Waals surface area contributed by atoms with Gasteiger partial charge in [-0.3, -0.25) is 48.3 Å². The minimum atomic E-state index is -4.29. The summed E-state index contributed by atoms with van der Waals surface area (Å²) in [6, 6.07) is 15.1. The van der Waals surface area contributed by atoms with Gasteiger partial charge in [0.15, 0.2) is 5.95 Å². The minimum absolute atomic E-state index is 0. The molecular formula is C58H85GdN13O16S2. The molecule has 498 valence electrons. The van der Waals surface area contributed by atoms with E-state index in [4.69, 9.17) is 14.2 Å². The summed E-state index contributed by atoms with van der Waals surface area (Å²) in [5, 5.41) is 51.8. The number of sulfonamides is 2. The summed E-state index contributed by atoms with van der Waals surface area (Å²) in [6.07, 6.45) is 7.43. The van der Waals surface area contributed by atoms with Crippen molar-refractivity contribution in [3.05, 3.63) is 103 Å². The zero-order chi connectivity index (χ0) is 64.6. The molecular weight excluding hydrogens is 1360 g/mol. The number of carboxylic acids is 3. The fourth-order valence-corrected chi connectivity index (χ4v) is 11.3. The summed E-state index contributed by atoms with van der Waals surface area (Å²) in [4.78, 5) is 74.8. The van der Waals surface area contributed by atoms with Gasteiger partial charge in [0, 0.05) is 162 Å². The zero-order valence-corrected chi connectivity index (χ0v) is 54.6. The fourth-order valence-electron chi connectivity index (χ4n) is 9.06. The monoisotopic (exact) mass is 1440 g/mol. The average molecular weight is 1440 g/mol. The molecule has 6 rings (SSSR count). The molecule has 5 aromatic rings. The van der Waals surface area contributed by atoms with Crippen LogP contribution in [0.15, 0.2) is 107 Å². The summed E-state index contributed by atoms with van der Waals surface area (Å²) >= 11 is 0. The van der Waals surface area contributed by atoms with E-state index in [1.807, 2.05) is 14.5 Å². The number of aliphatic hydroxyl groups excluding tert-OH is 1. The Morgan fingerprint density at radius 1 is 0.656 bits per heavy atom. The molecule has 0 saturated carbocycles. The minimum Gasteiger partial charge on any atom is -0.512 e. The topological polar surface area (TPSA) is 382 Å². The van der Waals surface area contributed by atoms with Crippen molar-refractivity contribution in [3.8, 4) is 11.1 Å². The second-order valence-electron chi connectivity index (χ2n) is 20.6. The number of H-pyrrole nitrogens is 1. The van der Waals surface area contributed by atoms with Crippen LogP contribution in [0, 0.1) is 39.9 Å². The molecule has 1 aliphatic rings. The Bertz CT molecular complexity index is 3200. The molecule has 10 N–H and O–H groups in total. The Morgan fingerprint density at radius 2 is 1.19 bits per heavy atom. The molecule has 90 heavy (non-hydrogen) atoms. The number of carbonyl (C=O) groups excluding carboxylic acids is 2. The number of ether oxygens (including phenoxy) is 3. The number of anilines is 1. The first-order chi connectivity index (χ1) is 42.7. The molecule has 3 heterocycles. The van der Waals surface area contributed by atoms with Crippen LogP contribution >= 0.6 is 0 Å². The molecule has 29 nitrogen and oxygen atoms in total. The number of aliphatic carboxylic acids is 3. The van der Waals surface area contributed by atoms with Gasteiger partial charge in [-0.05, 0) is 72.9 Å². The molecule has 0 bridgehead atoms. The normalized spacial score (nSPS) is 14.4. The van der Waals surface area contributed by atoms with Gasteiger partial charge in [-0.1, -0.05) is 44.7 Å². The molecule has 1 atom stereocenters. The van der Waals surface area contributed by atoms with E-state index in [0.29, 0.717) is 129 Å². The van der Waals surface area contributed by atoms with Crippen molar-refractivity contribution >= 4 is 66.6 Å².